The Balaban J connectivity index is 1.55. The maximum absolute atomic E-state index is 12.4. The van der Waals surface area contributed by atoms with E-state index < -0.39 is 16.1 Å². The molecule has 3 rings (SSSR count). The molecule has 0 spiro atoms. The first kappa shape index (κ1) is 19.1. The number of nitrogens with one attached hydrogen (secondary N) is 1. The Morgan fingerprint density at radius 2 is 1.88 bits per heavy atom. The van der Waals surface area contributed by atoms with Crippen LogP contribution in [0.25, 0.3) is 0 Å². The number of anilines is 1. The lowest BCUT2D eigenvalue weighted by atomic mass is 10.2. The van der Waals surface area contributed by atoms with Gasteiger partial charge in [-0.3, -0.25) is 4.79 Å². The van der Waals surface area contributed by atoms with E-state index in [0.29, 0.717) is 19.5 Å². The summed E-state index contributed by atoms with van der Waals surface area (Å²) in [6.07, 6.45) is 9.23. The van der Waals surface area contributed by atoms with E-state index in [0.717, 1.165) is 37.1 Å². The molecular weight excluding hydrogens is 352 g/mol. The number of pyridine rings is 1. The van der Waals surface area contributed by atoms with Crippen LogP contribution < -0.4 is 10.2 Å². The van der Waals surface area contributed by atoms with Gasteiger partial charge in [-0.2, -0.15) is 4.31 Å². The van der Waals surface area contributed by atoms with Crippen LogP contribution in [0.2, 0.25) is 0 Å². The minimum absolute atomic E-state index is 0.232. The maximum atomic E-state index is 12.4. The normalized spacial score (nSPS) is 22.2. The molecule has 2 aliphatic heterocycles. The average molecular weight is 381 g/mol. The predicted octanol–water partition coefficient (Wildman–Crippen LogP) is 1.50. The van der Waals surface area contributed by atoms with E-state index >= 15 is 0 Å². The van der Waals surface area contributed by atoms with Crippen molar-refractivity contribution < 1.29 is 13.2 Å². The quantitative estimate of drug-likeness (QED) is 0.837. The molecule has 1 N–H and O–H groups in total. The lowest BCUT2D eigenvalue weighted by Crippen LogP contribution is -2.45. The number of carbonyl (C=O) groups excluding carboxylic acids is 1. The molecule has 3 heterocycles. The lowest BCUT2D eigenvalue weighted by Gasteiger charge is -2.22. The van der Waals surface area contributed by atoms with Crippen LogP contribution in [0.3, 0.4) is 0 Å². The highest BCUT2D eigenvalue weighted by molar-refractivity contribution is 7.88. The second kappa shape index (κ2) is 8.35. The average Bonchev–Trinajstić information content (AvgIpc) is 2.97. The topological polar surface area (TPSA) is 82.6 Å². The van der Waals surface area contributed by atoms with E-state index in [1.165, 1.54) is 30.0 Å². The van der Waals surface area contributed by atoms with Crippen LogP contribution in [0.5, 0.6) is 0 Å². The molecule has 0 bridgehead atoms. The molecule has 2 saturated heterocycles. The molecule has 1 atom stereocenters. The van der Waals surface area contributed by atoms with Gasteiger partial charge in [0.2, 0.25) is 15.9 Å². The highest BCUT2D eigenvalue weighted by Gasteiger charge is 2.36. The van der Waals surface area contributed by atoms with Crippen molar-refractivity contribution in [2.24, 2.45) is 0 Å². The van der Waals surface area contributed by atoms with Gasteiger partial charge in [0, 0.05) is 32.4 Å². The molecule has 0 radical (unpaired) electrons. The first-order valence-electron chi connectivity index (χ1n) is 9.39. The first-order valence-corrected chi connectivity index (χ1v) is 11.2. The number of nitrogens with zero attached hydrogens (tertiary/aromatic N) is 3. The van der Waals surface area contributed by atoms with Gasteiger partial charge in [0.15, 0.2) is 0 Å². The smallest absolute Gasteiger partial charge is 0.238 e. The van der Waals surface area contributed by atoms with Gasteiger partial charge in [-0.05, 0) is 37.3 Å². The summed E-state index contributed by atoms with van der Waals surface area (Å²) < 4.78 is 24.8. The minimum atomic E-state index is -3.35. The third-order valence-electron chi connectivity index (χ3n) is 5.14. The molecule has 7 nitrogen and oxygen atoms in total. The van der Waals surface area contributed by atoms with Crippen molar-refractivity contribution >= 4 is 21.7 Å². The summed E-state index contributed by atoms with van der Waals surface area (Å²) in [5.41, 5.74) is 0.917. The Morgan fingerprint density at radius 1 is 1.15 bits per heavy atom. The molecule has 1 aromatic heterocycles. The SMILES string of the molecule is CS(=O)(=O)N1CCCC1C(=O)NCc1ccc(N2CCCCCC2)nc1. The van der Waals surface area contributed by atoms with Gasteiger partial charge in [-0.15, -0.1) is 0 Å². The highest BCUT2D eigenvalue weighted by Crippen LogP contribution is 2.21. The first-order chi connectivity index (χ1) is 12.4. The molecule has 2 aliphatic rings. The summed E-state index contributed by atoms with van der Waals surface area (Å²) >= 11 is 0. The number of rotatable bonds is 5. The van der Waals surface area contributed by atoms with Gasteiger partial charge in [0.1, 0.15) is 11.9 Å². The predicted molar refractivity (Wildman–Crippen MR) is 101 cm³/mol. The Labute approximate surface area is 155 Å². The molecule has 144 valence electrons. The van der Waals surface area contributed by atoms with Crippen LogP contribution in [0, 0.1) is 0 Å². The van der Waals surface area contributed by atoms with E-state index in [1.54, 1.807) is 6.20 Å². The van der Waals surface area contributed by atoms with E-state index in [1.807, 2.05) is 12.1 Å². The van der Waals surface area contributed by atoms with Crippen LogP contribution in [-0.4, -0.2) is 55.5 Å². The molecule has 0 aromatic carbocycles. The molecule has 8 heteroatoms. The fraction of sp³-hybridized carbons (Fsp3) is 0.667. The van der Waals surface area contributed by atoms with E-state index in [9.17, 15) is 13.2 Å². The Bertz CT molecular complexity index is 712. The van der Waals surface area contributed by atoms with E-state index in [-0.39, 0.29) is 5.91 Å². The monoisotopic (exact) mass is 380 g/mol. The summed E-state index contributed by atoms with van der Waals surface area (Å²) in [6, 6.07) is 3.40. The van der Waals surface area contributed by atoms with Gasteiger partial charge in [-0.25, -0.2) is 13.4 Å². The Kier molecular flexibility index (Phi) is 6.13. The number of aromatic nitrogens is 1. The molecule has 0 aliphatic carbocycles. The van der Waals surface area contributed by atoms with Gasteiger partial charge in [0.25, 0.3) is 0 Å². The molecule has 2 fully saturated rings. The number of hydrogen-bond donors (Lipinski definition) is 1. The third kappa shape index (κ3) is 4.73. The molecular formula is C18H28N4O3S. The zero-order valence-electron chi connectivity index (χ0n) is 15.4. The highest BCUT2D eigenvalue weighted by atomic mass is 32.2. The summed E-state index contributed by atoms with van der Waals surface area (Å²) in [5, 5.41) is 2.85. The second-order valence-electron chi connectivity index (χ2n) is 7.18. The van der Waals surface area contributed by atoms with Crippen molar-refractivity contribution in [3.05, 3.63) is 23.9 Å². The largest absolute Gasteiger partial charge is 0.357 e. The Morgan fingerprint density at radius 3 is 2.50 bits per heavy atom. The van der Waals surface area contributed by atoms with Crippen molar-refractivity contribution in [3.8, 4) is 0 Å². The van der Waals surface area contributed by atoms with Crippen LogP contribution in [-0.2, 0) is 21.4 Å². The molecule has 1 unspecified atom stereocenters. The summed E-state index contributed by atoms with van der Waals surface area (Å²) in [6.45, 7) is 2.88. The fourth-order valence-corrected chi connectivity index (χ4v) is 4.84. The van der Waals surface area contributed by atoms with Gasteiger partial charge in [0.05, 0.1) is 6.26 Å². The van der Waals surface area contributed by atoms with Crippen molar-refractivity contribution in [1.82, 2.24) is 14.6 Å². The summed E-state index contributed by atoms with van der Waals surface area (Å²) in [4.78, 5) is 19.2. The number of amides is 1. The zero-order chi connectivity index (χ0) is 18.6. The van der Waals surface area contributed by atoms with E-state index in [2.05, 4.69) is 15.2 Å². The summed E-state index contributed by atoms with van der Waals surface area (Å²) in [7, 11) is -3.35. The van der Waals surface area contributed by atoms with E-state index in [4.69, 9.17) is 0 Å². The van der Waals surface area contributed by atoms with Gasteiger partial charge < -0.3 is 10.2 Å². The summed E-state index contributed by atoms with van der Waals surface area (Å²) in [5.74, 6) is 0.755. The zero-order valence-corrected chi connectivity index (χ0v) is 16.2. The van der Waals surface area contributed by atoms with Crippen LogP contribution in [0.1, 0.15) is 44.1 Å². The van der Waals surface area contributed by atoms with Crippen LogP contribution in [0.4, 0.5) is 5.82 Å². The second-order valence-corrected chi connectivity index (χ2v) is 9.11. The molecule has 1 aromatic rings. The standard InChI is InChI=1S/C18H28N4O3S/c1-26(24,25)22-12-6-7-16(22)18(23)20-14-15-8-9-17(19-13-15)21-10-4-2-3-5-11-21/h8-9,13,16H,2-7,10-12,14H2,1H3,(H,20,23). The molecule has 1 amide bonds. The number of sulfonamides is 1. The van der Waals surface area contributed by atoms with Crippen LogP contribution in [0.15, 0.2) is 18.3 Å². The van der Waals surface area contributed by atoms with Crippen molar-refractivity contribution in [3.63, 3.8) is 0 Å². The molecule has 0 saturated carbocycles. The van der Waals surface area contributed by atoms with Gasteiger partial charge in [-0.1, -0.05) is 18.9 Å². The maximum Gasteiger partial charge on any atom is 0.238 e. The molecule has 26 heavy (non-hydrogen) atoms. The lowest BCUT2D eigenvalue weighted by molar-refractivity contribution is -0.124. The Hall–Kier alpha value is -1.67. The van der Waals surface area contributed by atoms with Crippen LogP contribution >= 0.6 is 0 Å². The van der Waals surface area contributed by atoms with Crippen molar-refractivity contribution in [1.29, 1.82) is 0 Å². The number of carbonyl (C=O) groups is 1. The third-order valence-corrected chi connectivity index (χ3v) is 6.43. The fourth-order valence-electron chi connectivity index (χ4n) is 3.71. The van der Waals surface area contributed by atoms with Gasteiger partial charge >= 0.3 is 0 Å². The number of hydrogen-bond acceptors (Lipinski definition) is 5. The minimum Gasteiger partial charge on any atom is -0.357 e. The van der Waals surface area contributed by atoms with Crippen molar-refractivity contribution in [2.45, 2.75) is 51.1 Å². The van der Waals surface area contributed by atoms with Crippen molar-refractivity contribution in [2.75, 3.05) is 30.8 Å².